The Hall–Kier alpha value is -1.95. The topological polar surface area (TPSA) is 63.1 Å². The first-order chi connectivity index (χ1) is 12.9. The number of piperidine rings is 1. The molecule has 2 aromatic rings. The van der Waals surface area contributed by atoms with Crippen LogP contribution in [0.3, 0.4) is 0 Å². The molecule has 1 unspecified atom stereocenters. The molecule has 1 N–H and O–H groups in total. The van der Waals surface area contributed by atoms with Crippen LogP contribution in [-0.2, 0) is 7.05 Å². The Morgan fingerprint density at radius 2 is 2.11 bits per heavy atom. The minimum atomic E-state index is 0.0158. The first-order valence-electron chi connectivity index (χ1n) is 10.3. The number of likely N-dealkylation sites (tertiary alicyclic amines) is 1. The van der Waals surface area contributed by atoms with E-state index in [0.29, 0.717) is 17.9 Å². The summed E-state index contributed by atoms with van der Waals surface area (Å²) in [5, 5.41) is 8.61. The standard InChI is InChI=1S/C21H31N5O/c1-13(2)26-9-5-6-15(12-26)11-22-21(27)17-10-18(16-7-8-16)23-20-19(17)14(3)24-25(20)4/h10,13,15-16H,5-9,11-12H2,1-4H3,(H,22,27). The van der Waals surface area contributed by atoms with Gasteiger partial charge in [0, 0.05) is 37.8 Å². The molecule has 1 atom stereocenters. The summed E-state index contributed by atoms with van der Waals surface area (Å²) in [4.78, 5) is 20.4. The maximum atomic E-state index is 13.1. The lowest BCUT2D eigenvalue weighted by Gasteiger charge is -2.35. The summed E-state index contributed by atoms with van der Waals surface area (Å²) in [5.41, 5.74) is 3.48. The molecule has 2 aliphatic rings. The van der Waals surface area contributed by atoms with Gasteiger partial charge in [0.15, 0.2) is 5.65 Å². The molecule has 0 bridgehead atoms. The van der Waals surface area contributed by atoms with E-state index in [1.54, 1.807) is 4.68 Å². The molecule has 2 aromatic heterocycles. The summed E-state index contributed by atoms with van der Waals surface area (Å²) >= 11 is 0. The van der Waals surface area contributed by atoms with Gasteiger partial charge in [0.05, 0.1) is 16.6 Å². The van der Waals surface area contributed by atoms with E-state index >= 15 is 0 Å². The predicted octanol–water partition coefficient (Wildman–Crippen LogP) is 3.00. The van der Waals surface area contributed by atoms with E-state index in [4.69, 9.17) is 4.98 Å². The third kappa shape index (κ3) is 3.72. The lowest BCUT2D eigenvalue weighted by molar-refractivity contribution is 0.0924. The minimum absolute atomic E-state index is 0.0158. The summed E-state index contributed by atoms with van der Waals surface area (Å²) in [6, 6.07) is 2.58. The zero-order chi connectivity index (χ0) is 19.1. The fraction of sp³-hybridized carbons (Fsp3) is 0.667. The number of hydrogen-bond acceptors (Lipinski definition) is 4. The van der Waals surface area contributed by atoms with E-state index in [9.17, 15) is 4.79 Å². The lowest BCUT2D eigenvalue weighted by atomic mass is 9.96. The highest BCUT2D eigenvalue weighted by Gasteiger charge is 2.29. The molecule has 2 fully saturated rings. The first kappa shape index (κ1) is 18.4. The van der Waals surface area contributed by atoms with Gasteiger partial charge in [-0.05, 0) is 65.0 Å². The molecule has 27 heavy (non-hydrogen) atoms. The average Bonchev–Trinajstić information content (AvgIpc) is 3.46. The molecule has 1 aliphatic carbocycles. The highest BCUT2D eigenvalue weighted by Crippen LogP contribution is 2.40. The van der Waals surface area contributed by atoms with Crippen LogP contribution in [0.5, 0.6) is 0 Å². The van der Waals surface area contributed by atoms with E-state index in [2.05, 4.69) is 29.2 Å². The van der Waals surface area contributed by atoms with Gasteiger partial charge in [-0.15, -0.1) is 0 Å². The summed E-state index contributed by atoms with van der Waals surface area (Å²) in [7, 11) is 1.91. The van der Waals surface area contributed by atoms with Crippen molar-refractivity contribution in [2.24, 2.45) is 13.0 Å². The SMILES string of the molecule is Cc1nn(C)c2nc(C3CC3)cc(C(=O)NCC3CCCN(C(C)C)C3)c12. The number of carbonyl (C=O) groups excluding carboxylic acids is 1. The maximum Gasteiger partial charge on any atom is 0.252 e. The Morgan fingerprint density at radius 1 is 1.33 bits per heavy atom. The fourth-order valence-corrected chi connectivity index (χ4v) is 4.30. The van der Waals surface area contributed by atoms with Crippen molar-refractivity contribution in [3.8, 4) is 0 Å². The summed E-state index contributed by atoms with van der Waals surface area (Å²) in [5.74, 6) is 1.05. The first-order valence-corrected chi connectivity index (χ1v) is 10.3. The van der Waals surface area contributed by atoms with Crippen LogP contribution in [0.1, 0.15) is 67.2 Å². The van der Waals surface area contributed by atoms with Gasteiger partial charge in [-0.1, -0.05) is 0 Å². The van der Waals surface area contributed by atoms with Crippen LogP contribution in [-0.4, -0.2) is 51.2 Å². The second-order valence-electron chi connectivity index (χ2n) is 8.58. The highest BCUT2D eigenvalue weighted by molar-refractivity contribution is 6.06. The Bertz CT molecular complexity index is 852. The smallest absolute Gasteiger partial charge is 0.252 e. The van der Waals surface area contributed by atoms with E-state index in [1.165, 1.54) is 32.2 Å². The normalized spacial score (nSPS) is 21.1. The van der Waals surface area contributed by atoms with Gasteiger partial charge in [0.2, 0.25) is 0 Å². The van der Waals surface area contributed by atoms with Crippen molar-refractivity contribution in [1.29, 1.82) is 0 Å². The van der Waals surface area contributed by atoms with Gasteiger partial charge in [-0.2, -0.15) is 5.10 Å². The van der Waals surface area contributed by atoms with Crippen LogP contribution in [0.25, 0.3) is 11.0 Å². The second-order valence-corrected chi connectivity index (χ2v) is 8.58. The molecule has 0 radical (unpaired) electrons. The van der Waals surface area contributed by atoms with Gasteiger partial charge < -0.3 is 10.2 Å². The molecule has 0 spiro atoms. The average molecular weight is 370 g/mol. The third-order valence-electron chi connectivity index (χ3n) is 6.06. The summed E-state index contributed by atoms with van der Waals surface area (Å²) in [6.07, 6.45) is 4.74. The van der Waals surface area contributed by atoms with Gasteiger partial charge in [0.25, 0.3) is 5.91 Å². The number of hydrogen-bond donors (Lipinski definition) is 1. The molecule has 1 amide bonds. The van der Waals surface area contributed by atoms with Crippen LogP contribution >= 0.6 is 0 Å². The summed E-state index contributed by atoms with van der Waals surface area (Å²) < 4.78 is 1.80. The number of rotatable bonds is 5. The Morgan fingerprint density at radius 3 is 2.81 bits per heavy atom. The Kier molecular flexibility index (Phi) is 4.93. The van der Waals surface area contributed by atoms with Crippen molar-refractivity contribution in [3.05, 3.63) is 23.0 Å². The van der Waals surface area contributed by atoms with Crippen molar-refractivity contribution in [2.45, 2.75) is 58.4 Å². The largest absolute Gasteiger partial charge is 0.352 e. The number of amides is 1. The number of nitrogens with zero attached hydrogens (tertiary/aromatic N) is 4. The van der Waals surface area contributed by atoms with E-state index < -0.39 is 0 Å². The van der Waals surface area contributed by atoms with Crippen LogP contribution in [0.2, 0.25) is 0 Å². The molecule has 3 heterocycles. The quantitative estimate of drug-likeness (QED) is 0.880. The summed E-state index contributed by atoms with van der Waals surface area (Å²) in [6.45, 7) is 9.44. The molecule has 146 valence electrons. The number of carbonyl (C=O) groups is 1. The number of aryl methyl sites for hydroxylation is 2. The zero-order valence-electron chi connectivity index (χ0n) is 17.0. The molecule has 1 saturated carbocycles. The third-order valence-corrected chi connectivity index (χ3v) is 6.06. The van der Waals surface area contributed by atoms with Gasteiger partial charge in [-0.3, -0.25) is 9.48 Å². The Labute approximate surface area is 161 Å². The number of nitrogens with one attached hydrogen (secondary N) is 1. The van der Waals surface area contributed by atoms with Gasteiger partial charge in [0.1, 0.15) is 0 Å². The van der Waals surface area contributed by atoms with Crippen molar-refractivity contribution in [1.82, 2.24) is 25.0 Å². The maximum absolute atomic E-state index is 13.1. The van der Waals surface area contributed by atoms with E-state index in [-0.39, 0.29) is 5.91 Å². The second kappa shape index (κ2) is 7.23. The Balaban J connectivity index is 1.54. The lowest BCUT2D eigenvalue weighted by Crippen LogP contribution is -2.43. The number of fused-ring (bicyclic) bond motifs is 1. The molecule has 1 aliphatic heterocycles. The van der Waals surface area contributed by atoms with Gasteiger partial charge >= 0.3 is 0 Å². The predicted molar refractivity (Wildman–Crippen MR) is 107 cm³/mol. The van der Waals surface area contributed by atoms with Crippen LogP contribution < -0.4 is 5.32 Å². The molecular weight excluding hydrogens is 338 g/mol. The van der Waals surface area contributed by atoms with Gasteiger partial charge in [-0.25, -0.2) is 4.98 Å². The monoisotopic (exact) mass is 369 g/mol. The van der Waals surface area contributed by atoms with Crippen LogP contribution in [0.15, 0.2) is 6.07 Å². The molecule has 1 saturated heterocycles. The van der Waals surface area contributed by atoms with Crippen molar-refractivity contribution in [2.75, 3.05) is 19.6 Å². The van der Waals surface area contributed by atoms with Crippen LogP contribution in [0.4, 0.5) is 0 Å². The molecule has 0 aromatic carbocycles. The molecule has 6 heteroatoms. The van der Waals surface area contributed by atoms with Crippen LogP contribution in [0, 0.1) is 12.8 Å². The molecule has 6 nitrogen and oxygen atoms in total. The molecule has 4 rings (SSSR count). The van der Waals surface area contributed by atoms with Crippen molar-refractivity contribution in [3.63, 3.8) is 0 Å². The number of pyridine rings is 1. The zero-order valence-corrected chi connectivity index (χ0v) is 17.0. The highest BCUT2D eigenvalue weighted by atomic mass is 16.1. The van der Waals surface area contributed by atoms with E-state index in [0.717, 1.165) is 41.1 Å². The fourth-order valence-electron chi connectivity index (χ4n) is 4.30. The molecular formula is C21H31N5O. The minimum Gasteiger partial charge on any atom is -0.352 e. The van der Waals surface area contributed by atoms with Crippen molar-refractivity contribution >= 4 is 16.9 Å². The van der Waals surface area contributed by atoms with E-state index in [1.807, 2.05) is 20.0 Å². The number of aromatic nitrogens is 3. The van der Waals surface area contributed by atoms with Crippen molar-refractivity contribution < 1.29 is 4.79 Å².